The van der Waals surface area contributed by atoms with Gasteiger partial charge in [-0.1, -0.05) is 115 Å². The number of hydrogen-bond donors (Lipinski definition) is 0. The van der Waals surface area contributed by atoms with Crippen molar-refractivity contribution in [2.75, 3.05) is 0 Å². The summed E-state index contributed by atoms with van der Waals surface area (Å²) in [5.74, 6) is 1.60. The van der Waals surface area contributed by atoms with E-state index in [0.717, 1.165) is 39.1 Å². The topological polar surface area (TPSA) is 35.1 Å². The average molecular weight is 611 g/mol. The van der Waals surface area contributed by atoms with Crippen molar-refractivity contribution in [1.29, 1.82) is 0 Å². The first-order valence-electron chi connectivity index (χ1n) is 16.4. The summed E-state index contributed by atoms with van der Waals surface area (Å²) in [5, 5.41) is 8.52. The van der Waals surface area contributed by atoms with Crippen molar-refractivity contribution in [2.24, 2.45) is 0 Å². The number of rotatable bonds is 3. The zero-order valence-corrected chi connectivity index (χ0v) is 25.8. The predicted molar refractivity (Wildman–Crippen MR) is 199 cm³/mol. The van der Waals surface area contributed by atoms with Gasteiger partial charge in [0, 0.05) is 43.3 Å². The van der Waals surface area contributed by atoms with Gasteiger partial charge in [-0.2, -0.15) is 0 Å². The second-order valence-electron chi connectivity index (χ2n) is 12.6. The molecule has 4 nitrogen and oxygen atoms in total. The molecule has 11 aromatic rings. The lowest BCUT2D eigenvalue weighted by Crippen LogP contribution is -2.02. The molecule has 0 aliphatic carbocycles. The molecule has 7 aromatic carbocycles. The standard InChI is InChI=1S/C44H26N4/c1-3-13-27(14-4-1)29-23-24-38-33(25-29)34-26-39-40(41-32-19-9-11-21-36(32)47(38)42(34)41)31-18-8-12-22-37(31)48(39)44-30-17-7-10-20-35(30)45-43(46-44)28-15-5-2-6-16-28/h1-26H. The monoisotopic (exact) mass is 610 g/mol. The molecule has 48 heavy (non-hydrogen) atoms. The third kappa shape index (κ3) is 3.38. The van der Waals surface area contributed by atoms with Crippen LogP contribution in [0.2, 0.25) is 0 Å². The Labute approximate surface area is 275 Å². The highest BCUT2D eigenvalue weighted by Gasteiger charge is 2.25. The van der Waals surface area contributed by atoms with E-state index in [9.17, 15) is 0 Å². The van der Waals surface area contributed by atoms with E-state index in [-0.39, 0.29) is 0 Å². The molecule has 0 aliphatic heterocycles. The molecule has 0 amide bonds. The first-order chi connectivity index (χ1) is 23.8. The summed E-state index contributed by atoms with van der Waals surface area (Å²) < 4.78 is 4.85. The fourth-order valence-corrected chi connectivity index (χ4v) is 8.00. The van der Waals surface area contributed by atoms with Crippen LogP contribution in [0.15, 0.2) is 158 Å². The molecule has 0 radical (unpaired) electrons. The van der Waals surface area contributed by atoms with Crippen LogP contribution in [0.25, 0.3) is 99.1 Å². The Morgan fingerprint density at radius 2 is 1.00 bits per heavy atom. The maximum atomic E-state index is 5.36. The minimum absolute atomic E-state index is 0.718. The van der Waals surface area contributed by atoms with Crippen molar-refractivity contribution >= 4 is 70.8 Å². The van der Waals surface area contributed by atoms with Gasteiger partial charge in [0.05, 0.1) is 33.1 Å². The summed E-state index contributed by atoms with van der Waals surface area (Å²) in [4.78, 5) is 10.4. The predicted octanol–water partition coefficient (Wildman–Crippen LogP) is 11.2. The van der Waals surface area contributed by atoms with Crippen molar-refractivity contribution < 1.29 is 0 Å². The zero-order chi connectivity index (χ0) is 31.3. The molecule has 4 heteroatoms. The molecule has 0 N–H and O–H groups in total. The van der Waals surface area contributed by atoms with Crippen LogP contribution in [0.3, 0.4) is 0 Å². The highest BCUT2D eigenvalue weighted by molar-refractivity contribution is 6.36. The van der Waals surface area contributed by atoms with Gasteiger partial charge in [-0.05, 0) is 53.6 Å². The number of hydrogen-bond acceptors (Lipinski definition) is 2. The smallest absolute Gasteiger partial charge is 0.162 e. The molecule has 0 saturated carbocycles. The van der Waals surface area contributed by atoms with Gasteiger partial charge in [0.15, 0.2) is 5.82 Å². The molecule has 0 spiro atoms. The largest absolute Gasteiger partial charge is 0.308 e. The molecule has 222 valence electrons. The normalized spacial score (nSPS) is 12.2. The van der Waals surface area contributed by atoms with Crippen LogP contribution >= 0.6 is 0 Å². The molecule has 0 unspecified atom stereocenters. The Balaban J connectivity index is 1.36. The van der Waals surface area contributed by atoms with Gasteiger partial charge < -0.3 is 4.40 Å². The Bertz CT molecular complexity index is 3040. The summed E-state index contributed by atoms with van der Waals surface area (Å²) in [6.45, 7) is 0. The Morgan fingerprint density at radius 3 is 1.79 bits per heavy atom. The van der Waals surface area contributed by atoms with Crippen molar-refractivity contribution in [2.45, 2.75) is 0 Å². The quantitative estimate of drug-likeness (QED) is 0.199. The molecule has 0 atom stereocenters. The van der Waals surface area contributed by atoms with Gasteiger partial charge in [-0.3, -0.25) is 4.57 Å². The minimum Gasteiger partial charge on any atom is -0.308 e. The summed E-state index contributed by atoms with van der Waals surface area (Å²) in [6, 6.07) is 56.3. The van der Waals surface area contributed by atoms with Gasteiger partial charge in [0.25, 0.3) is 0 Å². The van der Waals surface area contributed by atoms with Gasteiger partial charge in [-0.25, -0.2) is 9.97 Å². The second-order valence-corrected chi connectivity index (χ2v) is 12.6. The molecule has 4 aromatic heterocycles. The Kier molecular flexibility index (Phi) is 5.08. The number of benzene rings is 7. The van der Waals surface area contributed by atoms with Crippen molar-refractivity contribution in [3.05, 3.63) is 158 Å². The van der Waals surface area contributed by atoms with Crippen LogP contribution in [0, 0.1) is 0 Å². The first-order valence-corrected chi connectivity index (χ1v) is 16.4. The van der Waals surface area contributed by atoms with E-state index in [1.54, 1.807) is 0 Å². The summed E-state index contributed by atoms with van der Waals surface area (Å²) in [6.07, 6.45) is 0. The number of nitrogens with zero attached hydrogens (tertiary/aromatic N) is 4. The summed E-state index contributed by atoms with van der Waals surface area (Å²) in [5.41, 5.74) is 10.3. The van der Waals surface area contributed by atoms with Crippen LogP contribution in [-0.2, 0) is 0 Å². The molecule has 0 bridgehead atoms. The second kappa shape index (κ2) is 9.50. The lowest BCUT2D eigenvalue weighted by molar-refractivity contribution is 1.08. The summed E-state index contributed by atoms with van der Waals surface area (Å²) >= 11 is 0. The van der Waals surface area contributed by atoms with Crippen LogP contribution < -0.4 is 0 Å². The van der Waals surface area contributed by atoms with Crippen molar-refractivity contribution in [3.63, 3.8) is 0 Å². The lowest BCUT2D eigenvalue weighted by atomic mass is 10.00. The molecular formula is C44H26N4. The van der Waals surface area contributed by atoms with E-state index in [1.165, 1.54) is 60.0 Å². The Hall–Kier alpha value is -6.52. The zero-order valence-electron chi connectivity index (χ0n) is 25.8. The summed E-state index contributed by atoms with van der Waals surface area (Å²) in [7, 11) is 0. The molecule has 4 heterocycles. The van der Waals surface area contributed by atoms with Crippen LogP contribution in [0.5, 0.6) is 0 Å². The lowest BCUT2D eigenvalue weighted by Gasteiger charge is -2.13. The molecular weight excluding hydrogens is 585 g/mol. The van der Waals surface area contributed by atoms with Crippen molar-refractivity contribution in [3.8, 4) is 28.3 Å². The van der Waals surface area contributed by atoms with Gasteiger partial charge in [0.1, 0.15) is 5.82 Å². The van der Waals surface area contributed by atoms with E-state index in [2.05, 4.69) is 148 Å². The van der Waals surface area contributed by atoms with E-state index >= 15 is 0 Å². The van der Waals surface area contributed by atoms with E-state index in [4.69, 9.17) is 9.97 Å². The van der Waals surface area contributed by atoms with Gasteiger partial charge >= 0.3 is 0 Å². The number of fused-ring (bicyclic) bond motifs is 11. The van der Waals surface area contributed by atoms with Gasteiger partial charge in [-0.15, -0.1) is 0 Å². The van der Waals surface area contributed by atoms with Crippen molar-refractivity contribution in [1.82, 2.24) is 18.9 Å². The van der Waals surface area contributed by atoms with Gasteiger partial charge in [0.2, 0.25) is 0 Å². The molecule has 0 aliphatic rings. The number of para-hydroxylation sites is 3. The highest BCUT2D eigenvalue weighted by Crippen LogP contribution is 2.47. The molecule has 11 rings (SSSR count). The van der Waals surface area contributed by atoms with Crippen LogP contribution in [-0.4, -0.2) is 18.9 Å². The maximum Gasteiger partial charge on any atom is 0.162 e. The third-order valence-electron chi connectivity index (χ3n) is 10.0. The average Bonchev–Trinajstić information content (AvgIpc) is 3.79. The fraction of sp³-hybridized carbons (Fsp3) is 0. The fourth-order valence-electron chi connectivity index (χ4n) is 8.00. The van der Waals surface area contributed by atoms with E-state index in [0.29, 0.717) is 0 Å². The maximum absolute atomic E-state index is 5.36. The third-order valence-corrected chi connectivity index (χ3v) is 10.0. The van der Waals surface area contributed by atoms with Crippen LogP contribution in [0.4, 0.5) is 0 Å². The Morgan fingerprint density at radius 1 is 0.375 bits per heavy atom. The number of aromatic nitrogens is 4. The van der Waals surface area contributed by atoms with E-state index < -0.39 is 0 Å². The highest BCUT2D eigenvalue weighted by atomic mass is 15.1. The van der Waals surface area contributed by atoms with Crippen LogP contribution in [0.1, 0.15) is 0 Å². The van der Waals surface area contributed by atoms with E-state index in [1.807, 2.05) is 18.2 Å². The first kappa shape index (κ1) is 25.6. The molecule has 0 fully saturated rings. The minimum atomic E-state index is 0.718. The molecule has 0 saturated heterocycles. The SMILES string of the molecule is c1ccc(-c2ccc3c(c2)c2cc4c(c5ccccc5n4-c4nc(-c5ccccc5)nc5ccccc45)c4c5ccccc5n3c24)cc1.